The van der Waals surface area contributed by atoms with E-state index in [0.29, 0.717) is 25.9 Å². The van der Waals surface area contributed by atoms with Crippen molar-refractivity contribution in [2.75, 3.05) is 19.6 Å². The van der Waals surface area contributed by atoms with Crippen LogP contribution in [-0.4, -0.2) is 65.3 Å². The number of nitrogens with two attached hydrogens (primary N) is 1. The van der Waals surface area contributed by atoms with Crippen LogP contribution in [-0.2, 0) is 14.4 Å². The van der Waals surface area contributed by atoms with E-state index in [0.717, 1.165) is 19.4 Å². The third kappa shape index (κ3) is 4.67. The Hall–Kier alpha value is -1.63. The van der Waals surface area contributed by atoms with Gasteiger partial charge in [-0.2, -0.15) is 0 Å². The maximum absolute atomic E-state index is 12.5. The number of likely N-dealkylation sites (tertiary alicyclic amines) is 2. The molecular formula is C16H28N4O3. The molecule has 0 aromatic rings. The van der Waals surface area contributed by atoms with E-state index in [4.69, 9.17) is 5.73 Å². The summed E-state index contributed by atoms with van der Waals surface area (Å²) in [6.07, 6.45) is 3.24. The van der Waals surface area contributed by atoms with Crippen LogP contribution in [0.2, 0.25) is 0 Å². The van der Waals surface area contributed by atoms with Crippen molar-refractivity contribution >= 4 is 17.7 Å². The number of hydrogen-bond acceptors (Lipinski definition) is 4. The second kappa shape index (κ2) is 7.77. The predicted octanol–water partition coefficient (Wildman–Crippen LogP) is -0.158. The van der Waals surface area contributed by atoms with E-state index in [1.165, 1.54) is 0 Å². The minimum atomic E-state index is -0.489. The van der Waals surface area contributed by atoms with Gasteiger partial charge in [-0.15, -0.1) is 0 Å². The molecule has 0 bridgehead atoms. The lowest BCUT2D eigenvalue weighted by Crippen LogP contribution is -2.48. The van der Waals surface area contributed by atoms with E-state index in [9.17, 15) is 14.4 Å². The Morgan fingerprint density at radius 1 is 1.35 bits per heavy atom. The first-order chi connectivity index (χ1) is 10.9. The molecular weight excluding hydrogens is 296 g/mol. The molecule has 2 saturated heterocycles. The van der Waals surface area contributed by atoms with Gasteiger partial charge in [0.2, 0.25) is 17.7 Å². The Morgan fingerprint density at radius 3 is 2.74 bits per heavy atom. The molecule has 7 nitrogen and oxygen atoms in total. The first-order valence-electron chi connectivity index (χ1n) is 8.51. The van der Waals surface area contributed by atoms with Gasteiger partial charge in [0.05, 0.1) is 0 Å². The van der Waals surface area contributed by atoms with Crippen molar-refractivity contribution in [2.24, 2.45) is 5.73 Å². The van der Waals surface area contributed by atoms with Crippen molar-refractivity contribution in [3.05, 3.63) is 0 Å². The zero-order chi connectivity index (χ0) is 17.0. The number of carbonyl (C=O) groups excluding carboxylic acids is 3. The fourth-order valence-electron chi connectivity index (χ4n) is 3.25. The lowest BCUT2D eigenvalue weighted by molar-refractivity contribution is -0.140. The third-order valence-corrected chi connectivity index (χ3v) is 4.40. The van der Waals surface area contributed by atoms with Crippen molar-refractivity contribution in [3.8, 4) is 0 Å². The second-order valence-electron chi connectivity index (χ2n) is 6.81. The van der Waals surface area contributed by atoms with E-state index in [-0.39, 0.29) is 36.2 Å². The topological polar surface area (TPSA) is 95.7 Å². The first-order valence-corrected chi connectivity index (χ1v) is 8.51. The zero-order valence-corrected chi connectivity index (χ0v) is 14.1. The first kappa shape index (κ1) is 17.7. The number of nitrogens with zero attached hydrogens (tertiary/aromatic N) is 2. The van der Waals surface area contributed by atoms with Gasteiger partial charge in [0.25, 0.3) is 0 Å². The van der Waals surface area contributed by atoms with Gasteiger partial charge in [-0.05, 0) is 33.1 Å². The Kier molecular flexibility index (Phi) is 5.98. The van der Waals surface area contributed by atoms with Crippen molar-refractivity contribution in [1.82, 2.24) is 15.1 Å². The molecule has 2 rings (SSSR count). The summed E-state index contributed by atoms with van der Waals surface area (Å²) in [6, 6.07) is -0.627. The number of amides is 3. The van der Waals surface area contributed by atoms with E-state index in [1.807, 2.05) is 13.8 Å². The molecule has 2 aliphatic heterocycles. The SMILES string of the molecule is CC(C)NC(=O)[C@@H]1C[C@H](N)CN1C(=O)CCN1CCCCC1=O. The molecule has 23 heavy (non-hydrogen) atoms. The lowest BCUT2D eigenvalue weighted by Gasteiger charge is -2.29. The van der Waals surface area contributed by atoms with Crippen LogP contribution in [0.15, 0.2) is 0 Å². The van der Waals surface area contributed by atoms with Gasteiger partial charge in [-0.3, -0.25) is 14.4 Å². The Morgan fingerprint density at radius 2 is 2.09 bits per heavy atom. The summed E-state index contributed by atoms with van der Waals surface area (Å²) in [5, 5.41) is 2.85. The summed E-state index contributed by atoms with van der Waals surface area (Å²) in [5.41, 5.74) is 5.94. The van der Waals surface area contributed by atoms with Crippen LogP contribution in [0.1, 0.15) is 46.0 Å². The van der Waals surface area contributed by atoms with Crippen LogP contribution in [0.5, 0.6) is 0 Å². The average molecular weight is 324 g/mol. The molecule has 2 heterocycles. The molecule has 3 amide bonds. The predicted molar refractivity (Wildman–Crippen MR) is 86.4 cm³/mol. The second-order valence-corrected chi connectivity index (χ2v) is 6.81. The zero-order valence-electron chi connectivity index (χ0n) is 14.1. The van der Waals surface area contributed by atoms with Crippen molar-refractivity contribution in [1.29, 1.82) is 0 Å². The Bertz CT molecular complexity index is 466. The largest absolute Gasteiger partial charge is 0.352 e. The number of piperidine rings is 1. The highest BCUT2D eigenvalue weighted by atomic mass is 16.2. The number of carbonyl (C=O) groups is 3. The van der Waals surface area contributed by atoms with Crippen LogP contribution in [0.25, 0.3) is 0 Å². The summed E-state index contributed by atoms with van der Waals surface area (Å²) < 4.78 is 0. The van der Waals surface area contributed by atoms with Gasteiger partial charge in [0, 0.05) is 44.6 Å². The average Bonchev–Trinajstić information content (AvgIpc) is 2.87. The summed E-state index contributed by atoms with van der Waals surface area (Å²) >= 11 is 0. The monoisotopic (exact) mass is 324 g/mol. The molecule has 0 aromatic carbocycles. The smallest absolute Gasteiger partial charge is 0.243 e. The normalized spacial score (nSPS) is 25.1. The van der Waals surface area contributed by atoms with Crippen LogP contribution in [0.4, 0.5) is 0 Å². The summed E-state index contributed by atoms with van der Waals surface area (Å²) in [6.45, 7) is 5.34. The van der Waals surface area contributed by atoms with E-state index in [2.05, 4.69) is 5.32 Å². The van der Waals surface area contributed by atoms with Crippen LogP contribution >= 0.6 is 0 Å². The molecule has 0 aromatic heterocycles. The summed E-state index contributed by atoms with van der Waals surface area (Å²) in [4.78, 5) is 39.9. The number of hydrogen-bond donors (Lipinski definition) is 2. The molecule has 0 aliphatic carbocycles. The molecule has 0 unspecified atom stereocenters. The fraction of sp³-hybridized carbons (Fsp3) is 0.812. The maximum Gasteiger partial charge on any atom is 0.243 e. The number of rotatable bonds is 5. The van der Waals surface area contributed by atoms with Crippen LogP contribution < -0.4 is 11.1 Å². The van der Waals surface area contributed by atoms with E-state index in [1.54, 1.807) is 9.80 Å². The maximum atomic E-state index is 12.5. The highest BCUT2D eigenvalue weighted by Crippen LogP contribution is 2.19. The lowest BCUT2D eigenvalue weighted by atomic mass is 10.1. The van der Waals surface area contributed by atoms with Crippen LogP contribution in [0.3, 0.4) is 0 Å². The summed E-state index contributed by atoms with van der Waals surface area (Å²) in [7, 11) is 0. The Labute approximate surface area is 137 Å². The highest BCUT2D eigenvalue weighted by Gasteiger charge is 2.38. The van der Waals surface area contributed by atoms with Gasteiger partial charge < -0.3 is 20.9 Å². The third-order valence-electron chi connectivity index (χ3n) is 4.40. The van der Waals surface area contributed by atoms with Crippen LogP contribution in [0, 0.1) is 0 Å². The molecule has 0 spiro atoms. The van der Waals surface area contributed by atoms with Gasteiger partial charge >= 0.3 is 0 Å². The molecule has 2 atom stereocenters. The molecule has 130 valence electrons. The van der Waals surface area contributed by atoms with Gasteiger partial charge in [0.1, 0.15) is 6.04 Å². The molecule has 0 saturated carbocycles. The Balaban J connectivity index is 1.90. The van der Waals surface area contributed by atoms with Gasteiger partial charge in [0.15, 0.2) is 0 Å². The van der Waals surface area contributed by atoms with Crippen molar-refractivity contribution < 1.29 is 14.4 Å². The van der Waals surface area contributed by atoms with Gasteiger partial charge in [-0.1, -0.05) is 0 Å². The summed E-state index contributed by atoms with van der Waals surface area (Å²) in [5.74, 6) is -0.119. The minimum Gasteiger partial charge on any atom is -0.352 e. The highest BCUT2D eigenvalue weighted by molar-refractivity contribution is 5.89. The number of nitrogens with one attached hydrogen (secondary N) is 1. The standard InChI is InChI=1S/C16H28N4O3/c1-11(2)18-16(23)13-9-12(17)10-20(13)15(22)6-8-19-7-4-3-5-14(19)21/h11-13H,3-10,17H2,1-2H3,(H,18,23)/t12-,13-/m0/s1. The molecule has 0 radical (unpaired) electrons. The van der Waals surface area contributed by atoms with Crippen molar-refractivity contribution in [3.63, 3.8) is 0 Å². The molecule has 2 aliphatic rings. The molecule has 7 heteroatoms. The molecule has 3 N–H and O–H groups in total. The fourth-order valence-corrected chi connectivity index (χ4v) is 3.25. The quantitative estimate of drug-likeness (QED) is 0.734. The van der Waals surface area contributed by atoms with Gasteiger partial charge in [-0.25, -0.2) is 0 Å². The van der Waals surface area contributed by atoms with E-state index < -0.39 is 6.04 Å². The minimum absolute atomic E-state index is 0.0299. The van der Waals surface area contributed by atoms with Crippen molar-refractivity contribution in [2.45, 2.75) is 64.1 Å². The van der Waals surface area contributed by atoms with E-state index >= 15 is 0 Å². The molecule has 2 fully saturated rings.